The van der Waals surface area contributed by atoms with Gasteiger partial charge in [-0.2, -0.15) is 0 Å². The molecule has 19 heavy (non-hydrogen) atoms. The Morgan fingerprint density at radius 3 is 2.95 bits per heavy atom. The average molecular weight is 264 g/mol. The maximum Gasteiger partial charge on any atom is 0.127 e. The minimum atomic E-state index is -0.108. The number of nitrogens with one attached hydrogen (secondary N) is 1. The van der Waals surface area contributed by atoms with Crippen LogP contribution in [0.4, 0.5) is 4.39 Å². The van der Waals surface area contributed by atoms with Gasteiger partial charge in [0, 0.05) is 37.3 Å². The van der Waals surface area contributed by atoms with Gasteiger partial charge in [0.1, 0.15) is 5.82 Å². The smallest absolute Gasteiger partial charge is 0.127 e. The van der Waals surface area contributed by atoms with Gasteiger partial charge in [0.25, 0.3) is 0 Å². The van der Waals surface area contributed by atoms with E-state index in [-0.39, 0.29) is 5.82 Å². The Balaban J connectivity index is 1.60. The minimum absolute atomic E-state index is 0.108. The third kappa shape index (κ3) is 3.53. The van der Waals surface area contributed by atoms with Gasteiger partial charge in [-0.15, -0.1) is 0 Å². The molecule has 1 N–H and O–H groups in total. The van der Waals surface area contributed by atoms with E-state index in [0.717, 1.165) is 31.9 Å². The average Bonchev–Trinajstić information content (AvgIpc) is 3.24. The Kier molecular flexibility index (Phi) is 4.11. The molecule has 3 nitrogen and oxygen atoms in total. The Morgan fingerprint density at radius 2 is 2.16 bits per heavy atom. The molecule has 0 amide bonds. The van der Waals surface area contributed by atoms with Crippen molar-refractivity contribution in [2.45, 2.75) is 31.5 Å². The van der Waals surface area contributed by atoms with Crippen molar-refractivity contribution in [1.82, 2.24) is 10.2 Å². The summed E-state index contributed by atoms with van der Waals surface area (Å²) in [5, 5.41) is 3.54. The Labute approximate surface area is 113 Å². The van der Waals surface area contributed by atoms with Gasteiger partial charge in [-0.3, -0.25) is 4.90 Å². The maximum absolute atomic E-state index is 13.7. The Morgan fingerprint density at radius 1 is 1.32 bits per heavy atom. The fourth-order valence-electron chi connectivity index (χ4n) is 2.52. The topological polar surface area (TPSA) is 24.5 Å². The van der Waals surface area contributed by atoms with E-state index in [2.05, 4.69) is 10.2 Å². The van der Waals surface area contributed by atoms with Crippen molar-refractivity contribution in [2.75, 3.05) is 26.3 Å². The van der Waals surface area contributed by atoms with Crippen molar-refractivity contribution >= 4 is 0 Å². The highest BCUT2D eigenvalue weighted by atomic mass is 19.1. The van der Waals surface area contributed by atoms with E-state index in [1.165, 1.54) is 18.9 Å². The van der Waals surface area contributed by atoms with Crippen LogP contribution in [0.5, 0.6) is 0 Å². The van der Waals surface area contributed by atoms with Gasteiger partial charge in [-0.05, 0) is 18.9 Å². The summed E-state index contributed by atoms with van der Waals surface area (Å²) in [6.07, 6.45) is 2.59. The van der Waals surface area contributed by atoms with Crippen LogP contribution in [-0.4, -0.2) is 43.3 Å². The molecule has 3 rings (SSSR count). The highest BCUT2D eigenvalue weighted by Gasteiger charge is 2.27. The SMILES string of the molecule is Fc1ccccc1CN1CCOCC1CNC1CC1. The second-order valence-electron chi connectivity index (χ2n) is 5.47. The molecule has 1 unspecified atom stereocenters. The number of nitrogens with zero attached hydrogens (tertiary/aromatic N) is 1. The lowest BCUT2D eigenvalue weighted by Crippen LogP contribution is -2.50. The van der Waals surface area contributed by atoms with E-state index in [0.29, 0.717) is 18.6 Å². The van der Waals surface area contributed by atoms with Crippen molar-refractivity contribution < 1.29 is 9.13 Å². The van der Waals surface area contributed by atoms with Crippen LogP contribution in [0.2, 0.25) is 0 Å². The molecule has 2 aliphatic rings. The molecule has 1 atom stereocenters. The molecule has 104 valence electrons. The molecule has 0 bridgehead atoms. The quantitative estimate of drug-likeness (QED) is 0.877. The molecule has 1 aromatic rings. The molecule has 1 aliphatic carbocycles. The molecule has 1 aromatic carbocycles. The first-order chi connectivity index (χ1) is 9.33. The summed E-state index contributed by atoms with van der Waals surface area (Å²) < 4.78 is 19.3. The van der Waals surface area contributed by atoms with Crippen molar-refractivity contribution in [3.05, 3.63) is 35.6 Å². The Bertz CT molecular complexity index is 422. The summed E-state index contributed by atoms with van der Waals surface area (Å²) in [6, 6.07) is 8.11. The zero-order chi connectivity index (χ0) is 13.1. The molecule has 2 fully saturated rings. The zero-order valence-electron chi connectivity index (χ0n) is 11.1. The van der Waals surface area contributed by atoms with Crippen LogP contribution >= 0.6 is 0 Å². The van der Waals surface area contributed by atoms with Crippen molar-refractivity contribution in [3.63, 3.8) is 0 Å². The van der Waals surface area contributed by atoms with Crippen molar-refractivity contribution in [1.29, 1.82) is 0 Å². The molecule has 0 aromatic heterocycles. The predicted octanol–water partition coefficient (Wildman–Crippen LogP) is 1.78. The maximum atomic E-state index is 13.7. The minimum Gasteiger partial charge on any atom is -0.378 e. The molecular weight excluding hydrogens is 243 g/mol. The molecule has 1 saturated carbocycles. The lowest BCUT2D eigenvalue weighted by Gasteiger charge is -2.35. The van der Waals surface area contributed by atoms with Gasteiger partial charge in [-0.1, -0.05) is 18.2 Å². The summed E-state index contributed by atoms with van der Waals surface area (Å²) in [7, 11) is 0. The van der Waals surface area contributed by atoms with Crippen LogP contribution < -0.4 is 5.32 Å². The van der Waals surface area contributed by atoms with Gasteiger partial charge >= 0.3 is 0 Å². The van der Waals surface area contributed by atoms with Gasteiger partial charge in [0.15, 0.2) is 0 Å². The van der Waals surface area contributed by atoms with E-state index in [4.69, 9.17) is 4.74 Å². The van der Waals surface area contributed by atoms with Gasteiger partial charge < -0.3 is 10.1 Å². The van der Waals surface area contributed by atoms with E-state index < -0.39 is 0 Å². The van der Waals surface area contributed by atoms with Crippen LogP contribution in [0.3, 0.4) is 0 Å². The predicted molar refractivity (Wildman–Crippen MR) is 72.4 cm³/mol. The molecular formula is C15H21FN2O. The Hall–Kier alpha value is -0.970. The third-order valence-corrected chi connectivity index (χ3v) is 3.90. The first-order valence-electron chi connectivity index (χ1n) is 7.11. The molecule has 1 heterocycles. The van der Waals surface area contributed by atoms with E-state index in [1.807, 2.05) is 12.1 Å². The fraction of sp³-hybridized carbons (Fsp3) is 0.600. The number of hydrogen-bond acceptors (Lipinski definition) is 3. The zero-order valence-corrected chi connectivity index (χ0v) is 11.1. The summed E-state index contributed by atoms with van der Waals surface area (Å²) in [6.45, 7) is 3.99. The number of rotatable bonds is 5. The number of morpholine rings is 1. The van der Waals surface area contributed by atoms with E-state index in [1.54, 1.807) is 6.07 Å². The lowest BCUT2D eigenvalue weighted by molar-refractivity contribution is -0.0114. The third-order valence-electron chi connectivity index (χ3n) is 3.90. The number of ether oxygens (including phenoxy) is 1. The van der Waals surface area contributed by atoms with Crippen LogP contribution in [0, 0.1) is 5.82 Å². The molecule has 0 spiro atoms. The summed E-state index contributed by atoms with van der Waals surface area (Å²) in [5.41, 5.74) is 0.779. The van der Waals surface area contributed by atoms with Crippen molar-refractivity contribution in [3.8, 4) is 0 Å². The first kappa shape index (κ1) is 13.0. The normalized spacial score (nSPS) is 24.6. The van der Waals surface area contributed by atoms with Crippen molar-refractivity contribution in [2.24, 2.45) is 0 Å². The molecule has 4 heteroatoms. The largest absolute Gasteiger partial charge is 0.378 e. The fourth-order valence-corrected chi connectivity index (χ4v) is 2.52. The number of hydrogen-bond donors (Lipinski definition) is 1. The lowest BCUT2D eigenvalue weighted by atomic mass is 10.1. The van der Waals surface area contributed by atoms with Crippen LogP contribution in [-0.2, 0) is 11.3 Å². The number of benzene rings is 1. The van der Waals surface area contributed by atoms with Crippen LogP contribution in [0.1, 0.15) is 18.4 Å². The summed E-state index contributed by atoms with van der Waals surface area (Å²) >= 11 is 0. The monoisotopic (exact) mass is 264 g/mol. The van der Waals surface area contributed by atoms with E-state index in [9.17, 15) is 4.39 Å². The van der Waals surface area contributed by atoms with Crippen LogP contribution in [0.15, 0.2) is 24.3 Å². The van der Waals surface area contributed by atoms with E-state index >= 15 is 0 Å². The van der Waals surface area contributed by atoms with Gasteiger partial charge in [-0.25, -0.2) is 4.39 Å². The molecule has 1 saturated heterocycles. The van der Waals surface area contributed by atoms with Gasteiger partial charge in [0.2, 0.25) is 0 Å². The molecule has 1 aliphatic heterocycles. The second-order valence-corrected chi connectivity index (χ2v) is 5.47. The van der Waals surface area contributed by atoms with Gasteiger partial charge in [0.05, 0.1) is 13.2 Å². The standard InChI is InChI=1S/C15H21FN2O/c16-15-4-2-1-3-12(15)10-18-7-8-19-11-14(18)9-17-13-5-6-13/h1-4,13-14,17H,5-11H2. The second kappa shape index (κ2) is 5.99. The first-order valence-corrected chi connectivity index (χ1v) is 7.11. The van der Waals surface area contributed by atoms with Crippen LogP contribution in [0.25, 0.3) is 0 Å². The number of halogens is 1. The highest BCUT2D eigenvalue weighted by molar-refractivity contribution is 5.17. The molecule has 0 radical (unpaired) electrons. The summed E-state index contributed by atoms with van der Waals surface area (Å²) in [5.74, 6) is -0.108. The highest BCUT2D eigenvalue weighted by Crippen LogP contribution is 2.20. The summed E-state index contributed by atoms with van der Waals surface area (Å²) in [4.78, 5) is 2.33.